The molecule has 4 rings (SSSR count). The van der Waals surface area contributed by atoms with E-state index in [0.717, 1.165) is 32.6 Å². The van der Waals surface area contributed by atoms with Crippen LogP contribution in [0.3, 0.4) is 0 Å². The Bertz CT molecular complexity index is 1150. The second-order valence-corrected chi connectivity index (χ2v) is 7.94. The van der Waals surface area contributed by atoms with Gasteiger partial charge in [0.2, 0.25) is 5.88 Å². The molecule has 142 valence electrons. The SMILES string of the molecule is O=c1sc(C=C2C=Nc3ccc(Br)cc32)c(O)n1CCOc1ccc(F)cc1. The van der Waals surface area contributed by atoms with Crippen molar-refractivity contribution in [2.75, 3.05) is 6.61 Å². The van der Waals surface area contributed by atoms with Crippen LogP contribution in [0.4, 0.5) is 10.1 Å². The molecule has 0 spiro atoms. The Kier molecular flexibility index (Phi) is 5.15. The van der Waals surface area contributed by atoms with Crippen LogP contribution < -0.4 is 9.61 Å². The lowest BCUT2D eigenvalue weighted by Gasteiger charge is -2.07. The number of aromatic nitrogens is 1. The zero-order valence-corrected chi connectivity index (χ0v) is 16.8. The Balaban J connectivity index is 1.52. The molecule has 3 aromatic rings. The van der Waals surface area contributed by atoms with Crippen LogP contribution >= 0.6 is 27.3 Å². The third-order valence-corrected chi connectivity index (χ3v) is 5.60. The molecular formula is C20H14BrFN2O3S. The van der Waals surface area contributed by atoms with Gasteiger partial charge in [-0.25, -0.2) is 4.39 Å². The molecule has 5 nitrogen and oxygen atoms in total. The first-order valence-corrected chi connectivity index (χ1v) is 9.99. The smallest absolute Gasteiger partial charge is 0.310 e. The van der Waals surface area contributed by atoms with Gasteiger partial charge in [-0.1, -0.05) is 27.3 Å². The summed E-state index contributed by atoms with van der Waals surface area (Å²) in [5.74, 6) is 0.0405. The number of hydrogen-bond donors (Lipinski definition) is 1. The van der Waals surface area contributed by atoms with Crippen molar-refractivity contribution in [1.82, 2.24) is 4.57 Å². The number of aromatic hydroxyl groups is 1. The molecule has 1 aliphatic rings. The maximum atomic E-state index is 12.9. The van der Waals surface area contributed by atoms with Crippen LogP contribution in [0, 0.1) is 5.82 Å². The van der Waals surface area contributed by atoms with E-state index in [-0.39, 0.29) is 29.7 Å². The van der Waals surface area contributed by atoms with Crippen LogP contribution in [-0.4, -0.2) is 22.5 Å². The number of fused-ring (bicyclic) bond motifs is 1. The van der Waals surface area contributed by atoms with Crippen molar-refractivity contribution in [2.45, 2.75) is 6.54 Å². The fourth-order valence-electron chi connectivity index (χ4n) is 2.81. The van der Waals surface area contributed by atoms with Gasteiger partial charge in [-0.3, -0.25) is 14.4 Å². The highest BCUT2D eigenvalue weighted by molar-refractivity contribution is 9.10. The summed E-state index contributed by atoms with van der Waals surface area (Å²) < 4.78 is 20.6. The predicted octanol–water partition coefficient (Wildman–Crippen LogP) is 4.85. The van der Waals surface area contributed by atoms with Crippen LogP contribution in [0.25, 0.3) is 11.6 Å². The topological polar surface area (TPSA) is 63.8 Å². The minimum atomic E-state index is -0.346. The number of nitrogens with zero attached hydrogens (tertiary/aromatic N) is 2. The Morgan fingerprint density at radius 1 is 1.25 bits per heavy atom. The van der Waals surface area contributed by atoms with Crippen molar-refractivity contribution in [3.8, 4) is 11.6 Å². The number of ether oxygens (including phenoxy) is 1. The summed E-state index contributed by atoms with van der Waals surface area (Å²) in [5, 5.41) is 10.5. The molecule has 0 aliphatic carbocycles. The van der Waals surface area contributed by atoms with Gasteiger partial charge in [0.1, 0.15) is 18.2 Å². The summed E-state index contributed by atoms with van der Waals surface area (Å²) in [6.45, 7) is 0.348. The summed E-state index contributed by atoms with van der Waals surface area (Å²) in [7, 11) is 0. The van der Waals surface area contributed by atoms with Gasteiger partial charge in [-0.05, 0) is 48.5 Å². The lowest BCUT2D eigenvalue weighted by Crippen LogP contribution is -2.17. The van der Waals surface area contributed by atoms with Crippen molar-refractivity contribution in [2.24, 2.45) is 4.99 Å². The second kappa shape index (κ2) is 7.73. The zero-order valence-electron chi connectivity index (χ0n) is 14.4. The van der Waals surface area contributed by atoms with E-state index in [2.05, 4.69) is 20.9 Å². The van der Waals surface area contributed by atoms with Crippen LogP contribution in [0.1, 0.15) is 10.4 Å². The lowest BCUT2D eigenvalue weighted by atomic mass is 10.1. The Hall–Kier alpha value is -2.71. The molecule has 8 heteroatoms. The molecule has 0 saturated heterocycles. The Morgan fingerprint density at radius 2 is 2.04 bits per heavy atom. The summed E-state index contributed by atoms with van der Waals surface area (Å²) >= 11 is 4.40. The lowest BCUT2D eigenvalue weighted by molar-refractivity contribution is 0.285. The highest BCUT2D eigenvalue weighted by atomic mass is 79.9. The number of thiazole rings is 1. The van der Waals surface area contributed by atoms with E-state index >= 15 is 0 Å². The number of allylic oxidation sites excluding steroid dienone is 1. The van der Waals surface area contributed by atoms with Gasteiger partial charge in [0.05, 0.1) is 17.1 Å². The summed E-state index contributed by atoms with van der Waals surface area (Å²) in [6.07, 6.45) is 3.46. The molecule has 1 aliphatic heterocycles. The molecule has 0 saturated carbocycles. The molecule has 0 amide bonds. The molecule has 0 atom stereocenters. The molecule has 0 unspecified atom stereocenters. The number of halogens is 2. The van der Waals surface area contributed by atoms with E-state index in [1.165, 1.54) is 28.8 Å². The highest BCUT2D eigenvalue weighted by Gasteiger charge is 2.17. The monoisotopic (exact) mass is 460 g/mol. The molecule has 0 radical (unpaired) electrons. The minimum absolute atomic E-state index is 0.109. The maximum absolute atomic E-state index is 12.9. The number of rotatable bonds is 5. The minimum Gasteiger partial charge on any atom is -0.493 e. The van der Waals surface area contributed by atoms with Crippen LogP contribution in [0.5, 0.6) is 11.6 Å². The normalized spacial score (nSPS) is 13.9. The average Bonchev–Trinajstić information content (AvgIpc) is 3.19. The van der Waals surface area contributed by atoms with Gasteiger partial charge >= 0.3 is 4.87 Å². The average molecular weight is 461 g/mol. The van der Waals surface area contributed by atoms with Crippen molar-refractivity contribution in [1.29, 1.82) is 0 Å². The maximum Gasteiger partial charge on any atom is 0.310 e. The van der Waals surface area contributed by atoms with Gasteiger partial charge in [0, 0.05) is 21.8 Å². The first-order chi connectivity index (χ1) is 13.5. The van der Waals surface area contributed by atoms with E-state index in [9.17, 15) is 14.3 Å². The van der Waals surface area contributed by atoms with Crippen LogP contribution in [0.15, 0.2) is 56.7 Å². The van der Waals surface area contributed by atoms with E-state index in [0.29, 0.717) is 10.6 Å². The van der Waals surface area contributed by atoms with Gasteiger partial charge in [0.15, 0.2) is 0 Å². The third kappa shape index (κ3) is 3.79. The predicted molar refractivity (Wildman–Crippen MR) is 112 cm³/mol. The fourth-order valence-corrected chi connectivity index (χ4v) is 4.03. The molecule has 0 fully saturated rings. The molecule has 1 aromatic heterocycles. The summed E-state index contributed by atoms with van der Waals surface area (Å²) in [5.41, 5.74) is 2.59. The molecule has 2 aromatic carbocycles. The van der Waals surface area contributed by atoms with Crippen molar-refractivity contribution >= 4 is 50.8 Å². The Labute approximate surface area is 172 Å². The number of hydrogen-bond acceptors (Lipinski definition) is 5. The molecule has 0 bridgehead atoms. The zero-order chi connectivity index (χ0) is 19.7. The highest BCUT2D eigenvalue weighted by Crippen LogP contribution is 2.36. The number of aliphatic imine (C=N–C) groups is 1. The standard InChI is InChI=1S/C20H14BrFN2O3S/c21-13-1-6-17-16(10-13)12(11-23-17)9-18-19(25)24(20(26)28-18)7-8-27-15-4-2-14(22)3-5-15/h1-6,9-11,25H,7-8H2. The van der Waals surface area contributed by atoms with Crippen molar-refractivity contribution in [3.63, 3.8) is 0 Å². The first kappa shape index (κ1) is 18.6. The van der Waals surface area contributed by atoms with E-state index < -0.39 is 0 Å². The quantitative estimate of drug-likeness (QED) is 0.591. The number of benzene rings is 2. The fraction of sp³-hybridized carbons (Fsp3) is 0.100. The summed E-state index contributed by atoms with van der Waals surface area (Å²) in [4.78, 5) is 16.8. The van der Waals surface area contributed by atoms with Gasteiger partial charge in [-0.15, -0.1) is 0 Å². The van der Waals surface area contributed by atoms with Gasteiger partial charge in [0.25, 0.3) is 0 Å². The molecule has 28 heavy (non-hydrogen) atoms. The van der Waals surface area contributed by atoms with Gasteiger partial charge < -0.3 is 9.84 Å². The first-order valence-electron chi connectivity index (χ1n) is 8.38. The Morgan fingerprint density at radius 3 is 2.82 bits per heavy atom. The van der Waals surface area contributed by atoms with E-state index in [1.54, 1.807) is 12.3 Å². The molecule has 2 heterocycles. The van der Waals surface area contributed by atoms with Crippen LogP contribution in [-0.2, 0) is 6.54 Å². The molecular weight excluding hydrogens is 447 g/mol. The van der Waals surface area contributed by atoms with Gasteiger partial charge in [-0.2, -0.15) is 0 Å². The third-order valence-electron chi connectivity index (χ3n) is 4.19. The summed E-state index contributed by atoms with van der Waals surface area (Å²) in [6, 6.07) is 11.4. The van der Waals surface area contributed by atoms with Crippen molar-refractivity contribution in [3.05, 3.63) is 72.9 Å². The molecule has 1 N–H and O–H groups in total. The van der Waals surface area contributed by atoms with Crippen molar-refractivity contribution < 1.29 is 14.2 Å². The largest absolute Gasteiger partial charge is 0.493 e. The second-order valence-electron chi connectivity index (χ2n) is 6.03. The van der Waals surface area contributed by atoms with E-state index in [1.807, 2.05) is 18.2 Å². The van der Waals surface area contributed by atoms with Crippen LogP contribution in [0.2, 0.25) is 0 Å². The van der Waals surface area contributed by atoms with E-state index in [4.69, 9.17) is 4.74 Å².